The number of anilines is 1. The summed E-state index contributed by atoms with van der Waals surface area (Å²) in [6.45, 7) is 2.43. The standard InChI is InChI=1S/C33H27N3O4/c1-3-36-27-16-10-9-13-23(27)26-19-22(17-18-28(26)36)34-29(37)20-40-33(39)31-30(21-11-5-4-6-12-21)24-14-7-8-15-25(24)32(38)35(31)2/h4-19H,3,20H2,1-2H3,(H,34,37). The Labute approximate surface area is 230 Å². The first-order valence-corrected chi connectivity index (χ1v) is 13.1. The number of amides is 1. The van der Waals surface area contributed by atoms with Crippen LogP contribution in [0.4, 0.5) is 5.69 Å². The molecule has 2 heterocycles. The number of hydrogen-bond acceptors (Lipinski definition) is 4. The molecule has 0 aliphatic carbocycles. The van der Waals surface area contributed by atoms with E-state index in [4.69, 9.17) is 4.74 Å². The number of nitrogens with one attached hydrogen (secondary N) is 1. The van der Waals surface area contributed by atoms with E-state index < -0.39 is 18.5 Å². The highest BCUT2D eigenvalue weighted by atomic mass is 16.5. The van der Waals surface area contributed by atoms with Crippen molar-refractivity contribution in [2.75, 3.05) is 11.9 Å². The average molecular weight is 530 g/mol. The van der Waals surface area contributed by atoms with Gasteiger partial charge in [0.15, 0.2) is 6.61 Å². The van der Waals surface area contributed by atoms with Crippen LogP contribution in [0.25, 0.3) is 43.7 Å². The number of rotatable bonds is 6. The number of nitrogens with zero attached hydrogens (tertiary/aromatic N) is 2. The molecule has 0 saturated carbocycles. The first-order chi connectivity index (χ1) is 19.5. The zero-order valence-electron chi connectivity index (χ0n) is 22.2. The molecular weight excluding hydrogens is 502 g/mol. The molecule has 0 fully saturated rings. The number of benzene rings is 4. The van der Waals surface area contributed by atoms with Gasteiger partial charge >= 0.3 is 5.97 Å². The fourth-order valence-corrected chi connectivity index (χ4v) is 5.47. The Hall–Kier alpha value is -5.17. The molecule has 1 N–H and O–H groups in total. The van der Waals surface area contributed by atoms with Gasteiger partial charge in [0.25, 0.3) is 11.5 Å². The maximum absolute atomic E-state index is 13.4. The highest BCUT2D eigenvalue weighted by Crippen LogP contribution is 2.32. The lowest BCUT2D eigenvalue weighted by atomic mass is 9.97. The zero-order chi connectivity index (χ0) is 27.8. The Morgan fingerprint density at radius 1 is 0.775 bits per heavy atom. The molecule has 0 aliphatic rings. The first kappa shape index (κ1) is 25.1. The largest absolute Gasteiger partial charge is 0.451 e. The van der Waals surface area contributed by atoms with Crippen molar-refractivity contribution >= 4 is 50.1 Å². The van der Waals surface area contributed by atoms with E-state index in [0.29, 0.717) is 22.0 Å². The summed E-state index contributed by atoms with van der Waals surface area (Å²) in [5.74, 6) is -1.22. The van der Waals surface area contributed by atoms with Gasteiger partial charge in [-0.3, -0.25) is 9.59 Å². The van der Waals surface area contributed by atoms with Crippen LogP contribution in [-0.2, 0) is 23.1 Å². The lowest BCUT2D eigenvalue weighted by Gasteiger charge is -2.16. The Bertz CT molecular complexity index is 1990. The fraction of sp³-hybridized carbons (Fsp3) is 0.121. The Kier molecular flexibility index (Phi) is 6.40. The minimum absolute atomic E-state index is 0.0940. The Morgan fingerprint density at radius 2 is 1.43 bits per heavy atom. The molecule has 1 amide bonds. The van der Waals surface area contributed by atoms with Crippen LogP contribution in [0, 0.1) is 0 Å². The molecule has 0 aliphatic heterocycles. The molecular formula is C33H27N3O4. The normalized spacial score (nSPS) is 11.2. The van der Waals surface area contributed by atoms with E-state index in [9.17, 15) is 14.4 Å². The smallest absolute Gasteiger partial charge is 0.356 e. The summed E-state index contributed by atoms with van der Waals surface area (Å²) in [5, 5.41) is 6.12. The molecule has 7 heteroatoms. The summed E-state index contributed by atoms with van der Waals surface area (Å²) < 4.78 is 9.00. The first-order valence-electron chi connectivity index (χ1n) is 13.1. The van der Waals surface area contributed by atoms with Crippen molar-refractivity contribution in [2.24, 2.45) is 7.05 Å². The van der Waals surface area contributed by atoms with Crippen molar-refractivity contribution in [3.63, 3.8) is 0 Å². The van der Waals surface area contributed by atoms with E-state index in [1.165, 1.54) is 4.57 Å². The maximum Gasteiger partial charge on any atom is 0.356 e. The number of carbonyl (C=O) groups excluding carboxylic acids is 2. The highest BCUT2D eigenvalue weighted by molar-refractivity contribution is 6.10. The molecule has 0 bridgehead atoms. The number of pyridine rings is 1. The number of esters is 1. The number of ether oxygens (including phenoxy) is 1. The van der Waals surface area contributed by atoms with Gasteiger partial charge in [-0.05, 0) is 48.2 Å². The SMILES string of the molecule is CCn1c2ccccc2c2cc(NC(=O)COC(=O)c3c(-c4ccccc4)c4ccccc4c(=O)n3C)ccc21. The molecule has 6 aromatic rings. The van der Waals surface area contributed by atoms with Crippen LogP contribution in [0.2, 0.25) is 0 Å². The molecule has 40 heavy (non-hydrogen) atoms. The molecule has 2 aromatic heterocycles. The van der Waals surface area contributed by atoms with Crippen molar-refractivity contribution < 1.29 is 14.3 Å². The molecule has 0 atom stereocenters. The van der Waals surface area contributed by atoms with Gasteiger partial charge in [-0.15, -0.1) is 0 Å². The second-order valence-corrected chi connectivity index (χ2v) is 9.62. The van der Waals surface area contributed by atoms with Crippen LogP contribution in [0.1, 0.15) is 17.4 Å². The molecule has 0 saturated heterocycles. The van der Waals surface area contributed by atoms with E-state index in [1.807, 2.05) is 72.8 Å². The van der Waals surface area contributed by atoms with E-state index in [-0.39, 0.29) is 11.3 Å². The highest BCUT2D eigenvalue weighted by Gasteiger charge is 2.23. The monoisotopic (exact) mass is 529 g/mol. The number of hydrogen-bond donors (Lipinski definition) is 1. The quantitative estimate of drug-likeness (QED) is 0.263. The molecule has 4 aromatic carbocycles. The van der Waals surface area contributed by atoms with Crippen LogP contribution in [0.5, 0.6) is 0 Å². The van der Waals surface area contributed by atoms with Crippen LogP contribution in [0.3, 0.4) is 0 Å². The van der Waals surface area contributed by atoms with Gasteiger partial charge < -0.3 is 19.2 Å². The fourth-order valence-electron chi connectivity index (χ4n) is 5.47. The van der Waals surface area contributed by atoms with Crippen LogP contribution in [0.15, 0.2) is 102 Å². The third-order valence-electron chi connectivity index (χ3n) is 7.27. The molecule has 0 unspecified atom stereocenters. The summed E-state index contributed by atoms with van der Waals surface area (Å²) in [4.78, 5) is 39.4. The van der Waals surface area contributed by atoms with Gasteiger partial charge in [0.05, 0.1) is 0 Å². The molecule has 0 spiro atoms. The minimum Gasteiger partial charge on any atom is -0.451 e. The van der Waals surface area contributed by atoms with Gasteiger partial charge in [0, 0.05) is 52.0 Å². The number of aryl methyl sites for hydroxylation is 1. The Morgan fingerprint density at radius 3 is 2.17 bits per heavy atom. The molecule has 7 nitrogen and oxygen atoms in total. The van der Waals surface area contributed by atoms with Crippen LogP contribution < -0.4 is 10.9 Å². The second kappa shape index (κ2) is 10.2. The van der Waals surface area contributed by atoms with Gasteiger partial charge in [0.1, 0.15) is 5.69 Å². The lowest BCUT2D eigenvalue weighted by molar-refractivity contribution is -0.119. The third kappa shape index (κ3) is 4.22. The van der Waals surface area contributed by atoms with E-state index >= 15 is 0 Å². The number of carbonyl (C=O) groups is 2. The topological polar surface area (TPSA) is 82.3 Å². The number of para-hydroxylation sites is 1. The van der Waals surface area contributed by atoms with Crippen molar-refractivity contribution in [1.82, 2.24) is 9.13 Å². The maximum atomic E-state index is 13.4. The summed E-state index contributed by atoms with van der Waals surface area (Å²) in [6, 6.07) is 30.5. The molecule has 6 rings (SSSR count). The minimum atomic E-state index is -0.749. The summed E-state index contributed by atoms with van der Waals surface area (Å²) in [5.41, 5.74) is 3.96. The van der Waals surface area contributed by atoms with Gasteiger partial charge in [-0.1, -0.05) is 66.7 Å². The zero-order valence-corrected chi connectivity index (χ0v) is 22.2. The second-order valence-electron chi connectivity index (χ2n) is 9.62. The Balaban J connectivity index is 1.28. The average Bonchev–Trinajstić information content (AvgIpc) is 3.31. The van der Waals surface area contributed by atoms with E-state index in [2.05, 4.69) is 28.9 Å². The number of aromatic nitrogens is 2. The van der Waals surface area contributed by atoms with Gasteiger partial charge in [-0.25, -0.2) is 4.79 Å². The van der Waals surface area contributed by atoms with E-state index in [0.717, 1.165) is 33.9 Å². The predicted octanol–water partition coefficient (Wildman–Crippen LogP) is 6.13. The summed E-state index contributed by atoms with van der Waals surface area (Å²) in [7, 11) is 1.54. The van der Waals surface area contributed by atoms with Gasteiger partial charge in [0.2, 0.25) is 0 Å². The van der Waals surface area contributed by atoms with Crippen LogP contribution in [-0.4, -0.2) is 27.6 Å². The van der Waals surface area contributed by atoms with Crippen molar-refractivity contribution in [1.29, 1.82) is 0 Å². The number of fused-ring (bicyclic) bond motifs is 4. The summed E-state index contributed by atoms with van der Waals surface area (Å²) in [6.07, 6.45) is 0. The third-order valence-corrected chi connectivity index (χ3v) is 7.27. The lowest BCUT2D eigenvalue weighted by Crippen LogP contribution is -2.28. The van der Waals surface area contributed by atoms with Crippen LogP contribution >= 0.6 is 0 Å². The van der Waals surface area contributed by atoms with Crippen molar-refractivity contribution in [2.45, 2.75) is 13.5 Å². The van der Waals surface area contributed by atoms with Gasteiger partial charge in [-0.2, -0.15) is 0 Å². The molecule has 0 radical (unpaired) electrons. The van der Waals surface area contributed by atoms with Crippen molar-refractivity contribution in [3.8, 4) is 11.1 Å². The van der Waals surface area contributed by atoms with E-state index in [1.54, 1.807) is 19.2 Å². The molecule has 198 valence electrons. The summed E-state index contributed by atoms with van der Waals surface area (Å²) >= 11 is 0. The van der Waals surface area contributed by atoms with Crippen molar-refractivity contribution in [3.05, 3.63) is 113 Å². The predicted molar refractivity (Wildman–Crippen MR) is 159 cm³/mol.